The molecule has 140 valence electrons. The molecular weight excluding hydrogens is 347 g/mol. The van der Waals surface area contributed by atoms with Gasteiger partial charge in [0.15, 0.2) is 0 Å². The number of carbonyl (C=O) groups excluding carboxylic acids is 1. The largest absolute Gasteiger partial charge is 0.337 e. The first-order valence-corrected chi connectivity index (χ1v) is 8.80. The molecule has 0 fully saturated rings. The van der Waals surface area contributed by atoms with Crippen LogP contribution in [0.3, 0.4) is 0 Å². The molecule has 0 radical (unpaired) electrons. The molecule has 0 saturated carbocycles. The Kier molecular flexibility index (Phi) is 5.93. The Balaban J connectivity index is 1.97. The maximum atomic E-state index is 13.3. The summed E-state index contributed by atoms with van der Waals surface area (Å²) in [5.41, 5.74) is 2.65. The highest BCUT2D eigenvalue weighted by molar-refractivity contribution is 5.97. The fourth-order valence-corrected chi connectivity index (χ4v) is 2.78. The van der Waals surface area contributed by atoms with Crippen molar-refractivity contribution in [1.82, 2.24) is 15.0 Å². The van der Waals surface area contributed by atoms with Crippen molar-refractivity contribution >= 4 is 11.8 Å². The Bertz CT molecular complexity index is 890. The van der Waals surface area contributed by atoms with E-state index in [2.05, 4.69) is 15.5 Å². The van der Waals surface area contributed by atoms with Gasteiger partial charge in [0.05, 0.1) is 12.1 Å². The molecule has 0 spiro atoms. The molecule has 2 aromatic heterocycles. The summed E-state index contributed by atoms with van der Waals surface area (Å²) < 4.78 is 18.7. The van der Waals surface area contributed by atoms with Crippen molar-refractivity contribution in [2.45, 2.75) is 13.8 Å². The fourth-order valence-electron chi connectivity index (χ4n) is 2.78. The SMILES string of the molecule is CCN(CC)CC(=O)Nc1onc(-c2ccc(F)cc2)c1-c1ccncc1. The van der Waals surface area contributed by atoms with Gasteiger partial charge in [0, 0.05) is 18.0 Å². The number of benzene rings is 1. The number of anilines is 1. The van der Waals surface area contributed by atoms with Gasteiger partial charge in [-0.1, -0.05) is 19.0 Å². The third-order valence-electron chi connectivity index (χ3n) is 4.29. The molecule has 3 rings (SSSR count). The van der Waals surface area contributed by atoms with Crippen LogP contribution in [-0.4, -0.2) is 40.6 Å². The van der Waals surface area contributed by atoms with Gasteiger partial charge in [-0.3, -0.25) is 20.0 Å². The number of carbonyl (C=O) groups is 1. The van der Waals surface area contributed by atoms with Crippen LogP contribution in [0.4, 0.5) is 10.3 Å². The van der Waals surface area contributed by atoms with Crippen molar-refractivity contribution in [2.24, 2.45) is 0 Å². The average Bonchev–Trinajstić information content (AvgIpc) is 3.10. The van der Waals surface area contributed by atoms with Gasteiger partial charge in [0.1, 0.15) is 11.5 Å². The highest BCUT2D eigenvalue weighted by Crippen LogP contribution is 2.37. The Morgan fingerprint density at radius 3 is 2.37 bits per heavy atom. The lowest BCUT2D eigenvalue weighted by atomic mass is 10.0. The lowest BCUT2D eigenvalue weighted by Gasteiger charge is -2.16. The van der Waals surface area contributed by atoms with Gasteiger partial charge in [0.25, 0.3) is 0 Å². The summed E-state index contributed by atoms with van der Waals surface area (Å²) in [6.07, 6.45) is 3.30. The smallest absolute Gasteiger partial charge is 0.240 e. The van der Waals surface area contributed by atoms with Crippen LogP contribution in [0, 0.1) is 5.82 Å². The van der Waals surface area contributed by atoms with Gasteiger partial charge in [-0.05, 0) is 55.1 Å². The Hall–Kier alpha value is -3.06. The maximum Gasteiger partial charge on any atom is 0.240 e. The van der Waals surface area contributed by atoms with E-state index in [1.807, 2.05) is 18.7 Å². The van der Waals surface area contributed by atoms with Crippen LogP contribution < -0.4 is 5.32 Å². The van der Waals surface area contributed by atoms with Crippen molar-refractivity contribution in [3.05, 3.63) is 54.6 Å². The van der Waals surface area contributed by atoms with Crippen LogP contribution in [-0.2, 0) is 4.79 Å². The number of rotatable bonds is 7. The zero-order chi connectivity index (χ0) is 19.2. The molecule has 2 heterocycles. The van der Waals surface area contributed by atoms with Crippen molar-refractivity contribution in [1.29, 1.82) is 0 Å². The first-order chi connectivity index (χ1) is 13.1. The minimum absolute atomic E-state index is 0.184. The fraction of sp³-hybridized carbons (Fsp3) is 0.250. The minimum atomic E-state index is -0.333. The zero-order valence-electron chi connectivity index (χ0n) is 15.3. The second-order valence-electron chi connectivity index (χ2n) is 5.99. The highest BCUT2D eigenvalue weighted by atomic mass is 19.1. The summed E-state index contributed by atoms with van der Waals surface area (Å²) >= 11 is 0. The molecular formula is C20H21FN4O2. The van der Waals surface area contributed by atoms with Crippen LogP contribution in [0.15, 0.2) is 53.3 Å². The maximum absolute atomic E-state index is 13.3. The summed E-state index contributed by atoms with van der Waals surface area (Å²) in [6, 6.07) is 9.58. The Morgan fingerprint density at radius 1 is 1.07 bits per heavy atom. The second kappa shape index (κ2) is 8.55. The molecule has 27 heavy (non-hydrogen) atoms. The number of pyridine rings is 1. The molecule has 6 nitrogen and oxygen atoms in total. The number of aromatic nitrogens is 2. The van der Waals surface area contributed by atoms with Gasteiger partial charge in [-0.25, -0.2) is 4.39 Å². The normalized spacial score (nSPS) is 11.0. The van der Waals surface area contributed by atoms with E-state index in [9.17, 15) is 9.18 Å². The molecule has 3 aromatic rings. The van der Waals surface area contributed by atoms with Crippen LogP contribution in [0.25, 0.3) is 22.4 Å². The monoisotopic (exact) mass is 368 g/mol. The predicted molar refractivity (Wildman–Crippen MR) is 102 cm³/mol. The van der Waals surface area contributed by atoms with Gasteiger partial charge >= 0.3 is 0 Å². The van der Waals surface area contributed by atoms with Crippen LogP contribution in [0.2, 0.25) is 0 Å². The lowest BCUT2D eigenvalue weighted by Crippen LogP contribution is -2.32. The summed E-state index contributed by atoms with van der Waals surface area (Å²) in [4.78, 5) is 18.4. The number of nitrogens with zero attached hydrogens (tertiary/aromatic N) is 3. The lowest BCUT2D eigenvalue weighted by molar-refractivity contribution is -0.117. The highest BCUT2D eigenvalue weighted by Gasteiger charge is 2.21. The summed E-state index contributed by atoms with van der Waals surface area (Å²) in [7, 11) is 0. The molecule has 1 aromatic carbocycles. The number of hydrogen-bond donors (Lipinski definition) is 1. The molecule has 0 atom stereocenters. The van der Waals surface area contributed by atoms with E-state index < -0.39 is 0 Å². The molecule has 0 unspecified atom stereocenters. The minimum Gasteiger partial charge on any atom is -0.337 e. The predicted octanol–water partition coefficient (Wildman–Crippen LogP) is 3.82. The van der Waals surface area contributed by atoms with E-state index in [0.717, 1.165) is 18.7 Å². The Labute approximate surface area is 157 Å². The van der Waals surface area contributed by atoms with E-state index in [4.69, 9.17) is 4.52 Å². The van der Waals surface area contributed by atoms with E-state index in [0.29, 0.717) is 16.8 Å². The van der Waals surface area contributed by atoms with Gasteiger partial charge in [-0.2, -0.15) is 0 Å². The quantitative estimate of drug-likeness (QED) is 0.686. The third-order valence-corrected chi connectivity index (χ3v) is 4.29. The first-order valence-electron chi connectivity index (χ1n) is 8.80. The van der Waals surface area contributed by atoms with Crippen LogP contribution in [0.1, 0.15) is 13.8 Å². The van der Waals surface area contributed by atoms with E-state index >= 15 is 0 Å². The standard InChI is InChI=1S/C20H21FN4O2/c1-3-25(4-2)13-17(26)23-20-18(14-9-11-22-12-10-14)19(24-27-20)15-5-7-16(21)8-6-15/h5-12H,3-4,13H2,1-2H3,(H,23,26). The zero-order valence-corrected chi connectivity index (χ0v) is 15.3. The van der Waals surface area contributed by atoms with E-state index in [1.54, 1.807) is 36.7 Å². The third kappa shape index (κ3) is 4.38. The van der Waals surface area contributed by atoms with E-state index in [1.165, 1.54) is 12.1 Å². The second-order valence-corrected chi connectivity index (χ2v) is 5.99. The van der Waals surface area contributed by atoms with Crippen molar-refractivity contribution in [3.8, 4) is 22.4 Å². The molecule has 0 bridgehead atoms. The summed E-state index contributed by atoms with van der Waals surface area (Å²) in [5, 5.41) is 6.92. The molecule has 0 aliphatic heterocycles. The summed E-state index contributed by atoms with van der Waals surface area (Å²) in [5.74, 6) is -0.256. The van der Waals surface area contributed by atoms with Gasteiger partial charge < -0.3 is 4.52 Å². The Morgan fingerprint density at radius 2 is 1.74 bits per heavy atom. The molecule has 0 saturated heterocycles. The molecule has 0 aliphatic rings. The van der Waals surface area contributed by atoms with Crippen LogP contribution in [0.5, 0.6) is 0 Å². The molecule has 7 heteroatoms. The van der Waals surface area contributed by atoms with Crippen molar-refractivity contribution in [3.63, 3.8) is 0 Å². The molecule has 0 aliphatic carbocycles. The number of nitrogens with one attached hydrogen (secondary N) is 1. The van der Waals surface area contributed by atoms with Crippen LogP contribution >= 0.6 is 0 Å². The van der Waals surface area contributed by atoms with Gasteiger partial charge in [-0.15, -0.1) is 0 Å². The van der Waals surface area contributed by atoms with Crippen molar-refractivity contribution < 1.29 is 13.7 Å². The van der Waals surface area contributed by atoms with E-state index in [-0.39, 0.29) is 24.2 Å². The molecule has 1 amide bonds. The summed E-state index contributed by atoms with van der Waals surface area (Å²) in [6.45, 7) is 5.81. The molecule has 1 N–H and O–H groups in total. The first kappa shape index (κ1) is 18.7. The topological polar surface area (TPSA) is 71.3 Å². The van der Waals surface area contributed by atoms with Gasteiger partial charge in [0.2, 0.25) is 11.8 Å². The van der Waals surface area contributed by atoms with Crippen molar-refractivity contribution in [2.75, 3.05) is 25.0 Å². The average molecular weight is 368 g/mol. The number of amides is 1. The number of hydrogen-bond acceptors (Lipinski definition) is 5. The number of likely N-dealkylation sites (N-methyl/N-ethyl adjacent to an activating group) is 1. The number of halogens is 1.